The van der Waals surface area contributed by atoms with Crippen LogP contribution in [0.5, 0.6) is 0 Å². The quantitative estimate of drug-likeness (QED) is 0.768. The summed E-state index contributed by atoms with van der Waals surface area (Å²) in [5, 5.41) is 15.3. The first-order valence-electron chi connectivity index (χ1n) is 5.74. The molecule has 7 nitrogen and oxygen atoms in total. The molecule has 0 aromatic carbocycles. The molecule has 0 atom stereocenters. The molecule has 2 aromatic heterocycles. The zero-order valence-electron chi connectivity index (χ0n) is 9.88. The van der Waals surface area contributed by atoms with Gasteiger partial charge in [0.25, 0.3) is 10.0 Å². The second-order valence-electron chi connectivity index (χ2n) is 4.23. The van der Waals surface area contributed by atoms with Crippen LogP contribution in [0.3, 0.4) is 0 Å². The molecule has 0 amide bonds. The number of aryl methyl sites for hydroxylation is 2. The van der Waals surface area contributed by atoms with Gasteiger partial charge in [-0.25, -0.2) is 4.98 Å². The Hall–Kier alpha value is -1.45. The van der Waals surface area contributed by atoms with Gasteiger partial charge in [0.1, 0.15) is 0 Å². The number of nitrogens with zero attached hydrogens (tertiary/aromatic N) is 2. The normalized spacial score (nSPS) is 14.6. The van der Waals surface area contributed by atoms with Gasteiger partial charge >= 0.3 is 0 Å². The number of aliphatic hydroxyl groups excluding tert-OH is 1. The largest absolute Gasteiger partial charge is 0.392 e. The monoisotopic (exact) mass is 300 g/mol. The smallest absolute Gasteiger partial charge is 0.280 e. The number of sulfonamides is 1. The number of anilines is 1. The summed E-state index contributed by atoms with van der Waals surface area (Å²) in [4.78, 5) is 5.42. The highest BCUT2D eigenvalue weighted by atomic mass is 32.2. The number of aromatic nitrogens is 3. The van der Waals surface area contributed by atoms with Crippen LogP contribution in [-0.4, -0.2) is 28.7 Å². The standard InChI is InChI=1S/C10H12N4O3S2/c15-5-6-4-11-13-9(6)19(16,17)14-10-12-7-2-1-3-8(7)18-10/h4,15H,1-3,5H2,(H,11,13)(H,12,14). The molecule has 19 heavy (non-hydrogen) atoms. The molecule has 1 aliphatic carbocycles. The van der Waals surface area contributed by atoms with E-state index >= 15 is 0 Å². The zero-order valence-corrected chi connectivity index (χ0v) is 11.5. The van der Waals surface area contributed by atoms with Gasteiger partial charge in [0.15, 0.2) is 10.2 Å². The van der Waals surface area contributed by atoms with E-state index in [4.69, 9.17) is 5.11 Å². The maximum Gasteiger partial charge on any atom is 0.280 e. The predicted molar refractivity (Wildman–Crippen MR) is 69.5 cm³/mol. The summed E-state index contributed by atoms with van der Waals surface area (Å²) in [6.07, 6.45) is 4.23. The molecule has 0 saturated heterocycles. The molecule has 0 fully saturated rings. The fraction of sp³-hybridized carbons (Fsp3) is 0.400. The van der Waals surface area contributed by atoms with Crippen LogP contribution in [0.15, 0.2) is 11.2 Å². The highest BCUT2D eigenvalue weighted by Gasteiger charge is 2.24. The molecule has 0 unspecified atom stereocenters. The lowest BCUT2D eigenvalue weighted by molar-refractivity contribution is 0.278. The minimum absolute atomic E-state index is 0.120. The molecule has 0 saturated carbocycles. The summed E-state index contributed by atoms with van der Waals surface area (Å²) in [6.45, 7) is -0.388. The molecule has 0 radical (unpaired) electrons. The Labute approximate surface area is 113 Å². The van der Waals surface area contributed by atoms with Crippen LogP contribution in [0.25, 0.3) is 0 Å². The average Bonchev–Trinajstić information content (AvgIpc) is 3.00. The summed E-state index contributed by atoms with van der Waals surface area (Å²) in [6, 6.07) is 0. The van der Waals surface area contributed by atoms with Crippen molar-refractivity contribution in [1.29, 1.82) is 0 Å². The van der Waals surface area contributed by atoms with Crippen LogP contribution in [0.4, 0.5) is 5.13 Å². The number of thiazole rings is 1. The fourth-order valence-electron chi connectivity index (χ4n) is 2.04. The van der Waals surface area contributed by atoms with Gasteiger partial charge in [-0.3, -0.25) is 9.82 Å². The molecule has 3 N–H and O–H groups in total. The van der Waals surface area contributed by atoms with Crippen molar-refractivity contribution in [3.05, 3.63) is 22.3 Å². The highest BCUT2D eigenvalue weighted by Crippen LogP contribution is 2.31. The maximum absolute atomic E-state index is 12.1. The molecule has 1 aliphatic rings. The van der Waals surface area contributed by atoms with Crippen molar-refractivity contribution in [2.75, 3.05) is 4.72 Å². The number of aliphatic hydroxyl groups is 1. The Morgan fingerprint density at radius 2 is 2.32 bits per heavy atom. The van der Waals surface area contributed by atoms with Crippen LogP contribution in [0.2, 0.25) is 0 Å². The third-order valence-electron chi connectivity index (χ3n) is 2.93. The van der Waals surface area contributed by atoms with Crippen molar-refractivity contribution in [3.8, 4) is 0 Å². The Morgan fingerprint density at radius 3 is 3.05 bits per heavy atom. The average molecular weight is 300 g/mol. The van der Waals surface area contributed by atoms with Crippen LogP contribution in [0, 0.1) is 0 Å². The van der Waals surface area contributed by atoms with Gasteiger partial charge in [0.2, 0.25) is 0 Å². The Morgan fingerprint density at radius 1 is 1.47 bits per heavy atom. The zero-order chi connectivity index (χ0) is 13.5. The van der Waals surface area contributed by atoms with Crippen molar-refractivity contribution in [3.63, 3.8) is 0 Å². The van der Waals surface area contributed by atoms with Gasteiger partial charge < -0.3 is 5.11 Å². The second-order valence-corrected chi connectivity index (χ2v) is 6.93. The lowest BCUT2D eigenvalue weighted by atomic mass is 10.4. The SMILES string of the molecule is O=S(=O)(Nc1nc2c(s1)CCC2)c1[nH]ncc1CO. The van der Waals surface area contributed by atoms with Crippen molar-refractivity contribution >= 4 is 26.5 Å². The van der Waals surface area contributed by atoms with Gasteiger partial charge in [0, 0.05) is 10.4 Å². The maximum atomic E-state index is 12.1. The molecule has 0 aliphatic heterocycles. The van der Waals surface area contributed by atoms with E-state index in [0.717, 1.165) is 29.8 Å². The lowest BCUT2D eigenvalue weighted by Crippen LogP contribution is -2.15. The van der Waals surface area contributed by atoms with E-state index in [1.165, 1.54) is 17.5 Å². The second kappa shape index (κ2) is 4.58. The Balaban J connectivity index is 1.89. The van der Waals surface area contributed by atoms with E-state index in [-0.39, 0.29) is 17.2 Å². The third kappa shape index (κ3) is 2.24. The summed E-state index contributed by atoms with van der Waals surface area (Å²) in [7, 11) is -3.78. The number of fused-ring (bicyclic) bond motifs is 1. The highest BCUT2D eigenvalue weighted by molar-refractivity contribution is 7.92. The summed E-state index contributed by atoms with van der Waals surface area (Å²) in [5.74, 6) is 0. The minimum Gasteiger partial charge on any atom is -0.392 e. The van der Waals surface area contributed by atoms with E-state index < -0.39 is 10.0 Å². The third-order valence-corrected chi connectivity index (χ3v) is 5.49. The summed E-state index contributed by atoms with van der Waals surface area (Å²) < 4.78 is 26.7. The number of hydrogen-bond donors (Lipinski definition) is 3. The van der Waals surface area contributed by atoms with Gasteiger partial charge in [-0.1, -0.05) is 0 Å². The first-order chi connectivity index (χ1) is 9.10. The summed E-state index contributed by atoms with van der Waals surface area (Å²) in [5.41, 5.74) is 1.21. The number of H-pyrrole nitrogens is 1. The topological polar surface area (TPSA) is 108 Å². The van der Waals surface area contributed by atoms with Crippen molar-refractivity contribution in [2.24, 2.45) is 0 Å². The van der Waals surface area contributed by atoms with Crippen LogP contribution < -0.4 is 4.72 Å². The number of rotatable bonds is 4. The molecule has 2 heterocycles. The lowest BCUT2D eigenvalue weighted by Gasteiger charge is -2.04. The van der Waals surface area contributed by atoms with E-state index in [0.29, 0.717) is 5.13 Å². The van der Waals surface area contributed by atoms with Crippen LogP contribution >= 0.6 is 11.3 Å². The molecular formula is C10H12N4O3S2. The Kier molecular flexibility index (Phi) is 3.03. The molecule has 102 valence electrons. The van der Waals surface area contributed by atoms with Crippen LogP contribution in [-0.2, 0) is 29.5 Å². The molecule has 0 bridgehead atoms. The molecular weight excluding hydrogens is 288 g/mol. The van der Waals surface area contributed by atoms with Gasteiger partial charge in [-0.05, 0) is 19.3 Å². The number of hydrogen-bond acceptors (Lipinski definition) is 6. The molecule has 3 rings (SSSR count). The van der Waals surface area contributed by atoms with E-state index in [9.17, 15) is 8.42 Å². The van der Waals surface area contributed by atoms with Crippen molar-refractivity contribution < 1.29 is 13.5 Å². The number of nitrogens with one attached hydrogen (secondary N) is 2. The van der Waals surface area contributed by atoms with Gasteiger partial charge in [0.05, 0.1) is 18.5 Å². The first kappa shape index (κ1) is 12.6. The number of aromatic amines is 1. The van der Waals surface area contributed by atoms with Gasteiger partial charge in [-0.2, -0.15) is 13.5 Å². The minimum atomic E-state index is -3.78. The molecule has 9 heteroatoms. The Bertz CT molecular complexity index is 683. The summed E-state index contributed by atoms with van der Waals surface area (Å²) >= 11 is 1.36. The van der Waals surface area contributed by atoms with Gasteiger partial charge in [-0.15, -0.1) is 11.3 Å². The van der Waals surface area contributed by atoms with E-state index in [1.807, 2.05) is 0 Å². The first-order valence-corrected chi connectivity index (χ1v) is 8.04. The molecule has 0 spiro atoms. The van der Waals surface area contributed by atoms with E-state index in [2.05, 4.69) is 19.9 Å². The predicted octanol–water partition coefficient (Wildman–Crippen LogP) is 0.648. The molecule has 2 aromatic rings. The van der Waals surface area contributed by atoms with Crippen molar-refractivity contribution in [2.45, 2.75) is 30.9 Å². The van der Waals surface area contributed by atoms with E-state index in [1.54, 1.807) is 0 Å². The fourth-order valence-corrected chi connectivity index (χ4v) is 4.45. The van der Waals surface area contributed by atoms with Crippen LogP contribution in [0.1, 0.15) is 22.6 Å². The van der Waals surface area contributed by atoms with Crippen molar-refractivity contribution in [1.82, 2.24) is 15.2 Å².